The molecule has 0 bridgehead atoms. The van der Waals surface area contributed by atoms with Gasteiger partial charge in [0.15, 0.2) is 0 Å². The minimum atomic E-state index is -0.667. The number of hydrogen-bond donors (Lipinski definition) is 0. The number of nitro benzene ring substituents is 1. The van der Waals surface area contributed by atoms with Gasteiger partial charge in [-0.3, -0.25) is 14.9 Å². The number of nitro groups is 1. The second kappa shape index (κ2) is 6.85. The van der Waals surface area contributed by atoms with Gasteiger partial charge < -0.3 is 4.74 Å². The second-order valence-corrected chi connectivity index (χ2v) is 7.68. The third-order valence-electron chi connectivity index (χ3n) is 3.57. The van der Waals surface area contributed by atoms with Crippen molar-refractivity contribution in [3.63, 3.8) is 0 Å². The van der Waals surface area contributed by atoms with Gasteiger partial charge in [-0.1, -0.05) is 6.07 Å². The SMILES string of the molecule is CSc1sc(C)cc1C1OC(c2cccc([N+](=O)[O-])c2)=NN1C(C)=O. The summed E-state index contributed by atoms with van der Waals surface area (Å²) in [5.41, 5.74) is 1.27. The van der Waals surface area contributed by atoms with Crippen LogP contribution in [0, 0.1) is 17.0 Å². The van der Waals surface area contributed by atoms with E-state index in [9.17, 15) is 14.9 Å². The van der Waals surface area contributed by atoms with Crippen molar-refractivity contribution >= 4 is 40.6 Å². The number of thiophene rings is 1. The van der Waals surface area contributed by atoms with Gasteiger partial charge in [0.2, 0.25) is 18.0 Å². The molecule has 7 nitrogen and oxygen atoms in total. The van der Waals surface area contributed by atoms with Crippen LogP contribution >= 0.6 is 23.1 Å². The van der Waals surface area contributed by atoms with E-state index in [-0.39, 0.29) is 17.5 Å². The molecule has 0 spiro atoms. The Kier molecular flexibility index (Phi) is 4.78. The van der Waals surface area contributed by atoms with Crippen LogP contribution in [-0.4, -0.2) is 28.0 Å². The van der Waals surface area contributed by atoms with Crippen LogP contribution < -0.4 is 0 Å². The quantitative estimate of drug-likeness (QED) is 0.458. The number of hydrazone groups is 1. The van der Waals surface area contributed by atoms with Crippen molar-refractivity contribution in [3.05, 3.63) is 56.5 Å². The van der Waals surface area contributed by atoms with Crippen LogP contribution in [0.2, 0.25) is 0 Å². The highest BCUT2D eigenvalue weighted by Crippen LogP contribution is 2.40. The molecule has 1 aliphatic heterocycles. The topological polar surface area (TPSA) is 85.0 Å². The van der Waals surface area contributed by atoms with Crippen LogP contribution in [0.4, 0.5) is 5.69 Å². The maximum atomic E-state index is 12.0. The van der Waals surface area contributed by atoms with Crippen molar-refractivity contribution in [2.45, 2.75) is 24.3 Å². The summed E-state index contributed by atoms with van der Waals surface area (Å²) in [7, 11) is 0. The molecule has 1 aromatic carbocycles. The van der Waals surface area contributed by atoms with Crippen LogP contribution in [0.3, 0.4) is 0 Å². The highest BCUT2D eigenvalue weighted by molar-refractivity contribution is 8.00. The predicted molar refractivity (Wildman–Crippen MR) is 96.8 cm³/mol. The Morgan fingerprint density at radius 2 is 2.20 bits per heavy atom. The molecule has 3 rings (SSSR count). The number of thioether (sulfide) groups is 1. The summed E-state index contributed by atoms with van der Waals surface area (Å²) >= 11 is 3.20. The summed E-state index contributed by atoms with van der Waals surface area (Å²) in [6.45, 7) is 3.40. The summed E-state index contributed by atoms with van der Waals surface area (Å²) in [5.74, 6) is -0.0684. The first-order valence-electron chi connectivity index (χ1n) is 7.35. The Balaban J connectivity index is 1.99. The molecule has 25 heavy (non-hydrogen) atoms. The number of carbonyl (C=O) groups is 1. The maximum absolute atomic E-state index is 12.0. The zero-order valence-electron chi connectivity index (χ0n) is 13.8. The first-order chi connectivity index (χ1) is 11.9. The molecule has 0 saturated heterocycles. The van der Waals surface area contributed by atoms with Gasteiger partial charge in [0, 0.05) is 35.1 Å². The lowest BCUT2D eigenvalue weighted by atomic mass is 10.2. The molecule has 0 N–H and O–H groups in total. The summed E-state index contributed by atoms with van der Waals surface area (Å²) in [6.07, 6.45) is 1.30. The number of rotatable bonds is 4. The summed E-state index contributed by atoms with van der Waals surface area (Å²) in [6, 6.07) is 7.98. The number of aryl methyl sites for hydroxylation is 1. The van der Waals surface area contributed by atoms with Crippen molar-refractivity contribution in [3.8, 4) is 0 Å². The fourth-order valence-electron chi connectivity index (χ4n) is 2.48. The van der Waals surface area contributed by atoms with E-state index in [1.54, 1.807) is 35.2 Å². The fraction of sp³-hybridized carbons (Fsp3) is 0.250. The molecule has 1 aliphatic rings. The van der Waals surface area contributed by atoms with E-state index in [1.165, 1.54) is 24.1 Å². The molecule has 0 radical (unpaired) electrons. The number of non-ortho nitro benzene ring substituents is 1. The van der Waals surface area contributed by atoms with Gasteiger partial charge >= 0.3 is 0 Å². The van der Waals surface area contributed by atoms with Gasteiger partial charge in [-0.15, -0.1) is 28.2 Å². The van der Waals surface area contributed by atoms with Crippen molar-refractivity contribution in [2.75, 3.05) is 6.26 Å². The molecule has 2 aromatic rings. The number of ether oxygens (including phenoxy) is 1. The van der Waals surface area contributed by atoms with E-state index in [1.807, 2.05) is 19.2 Å². The largest absolute Gasteiger partial charge is 0.446 e. The molecule has 1 unspecified atom stereocenters. The van der Waals surface area contributed by atoms with E-state index >= 15 is 0 Å². The van der Waals surface area contributed by atoms with E-state index in [4.69, 9.17) is 4.74 Å². The summed E-state index contributed by atoms with van der Waals surface area (Å²) in [5, 5.41) is 16.5. The molecule has 1 amide bonds. The van der Waals surface area contributed by atoms with Crippen molar-refractivity contribution < 1.29 is 14.5 Å². The molecule has 2 heterocycles. The zero-order valence-corrected chi connectivity index (χ0v) is 15.4. The first kappa shape index (κ1) is 17.4. The smallest absolute Gasteiger partial charge is 0.270 e. The van der Waals surface area contributed by atoms with Gasteiger partial charge in [-0.25, -0.2) is 0 Å². The van der Waals surface area contributed by atoms with E-state index < -0.39 is 11.2 Å². The van der Waals surface area contributed by atoms with Gasteiger partial charge in [0.1, 0.15) is 0 Å². The van der Waals surface area contributed by atoms with E-state index in [2.05, 4.69) is 5.10 Å². The Hall–Kier alpha value is -2.39. The van der Waals surface area contributed by atoms with Crippen molar-refractivity contribution in [1.82, 2.24) is 5.01 Å². The molecule has 9 heteroatoms. The Labute approximate surface area is 152 Å². The van der Waals surface area contributed by atoms with Crippen LogP contribution in [-0.2, 0) is 9.53 Å². The first-order valence-corrected chi connectivity index (χ1v) is 9.39. The molecule has 1 aromatic heterocycles. The van der Waals surface area contributed by atoms with Gasteiger partial charge in [0.25, 0.3) is 5.69 Å². The van der Waals surface area contributed by atoms with E-state index in [0.717, 1.165) is 14.6 Å². The summed E-state index contributed by atoms with van der Waals surface area (Å²) in [4.78, 5) is 23.6. The lowest BCUT2D eigenvalue weighted by molar-refractivity contribution is -0.384. The van der Waals surface area contributed by atoms with E-state index in [0.29, 0.717) is 5.56 Å². The number of carbonyl (C=O) groups excluding carboxylic acids is 1. The van der Waals surface area contributed by atoms with Crippen molar-refractivity contribution in [1.29, 1.82) is 0 Å². The van der Waals surface area contributed by atoms with Crippen molar-refractivity contribution in [2.24, 2.45) is 5.10 Å². The predicted octanol–water partition coefficient (Wildman–Crippen LogP) is 3.93. The average Bonchev–Trinajstić information content (AvgIpc) is 3.18. The normalized spacial score (nSPS) is 16.5. The van der Waals surface area contributed by atoms with Gasteiger partial charge in [-0.05, 0) is 25.3 Å². The highest BCUT2D eigenvalue weighted by Gasteiger charge is 2.35. The minimum Gasteiger partial charge on any atom is -0.446 e. The third-order valence-corrected chi connectivity index (χ3v) is 5.79. The third kappa shape index (κ3) is 3.38. The van der Waals surface area contributed by atoms with Crippen LogP contribution in [0.25, 0.3) is 0 Å². The Morgan fingerprint density at radius 1 is 1.44 bits per heavy atom. The molecule has 1 atom stereocenters. The maximum Gasteiger partial charge on any atom is 0.270 e. The van der Waals surface area contributed by atoms with Crippen LogP contribution in [0.5, 0.6) is 0 Å². The van der Waals surface area contributed by atoms with Gasteiger partial charge in [0.05, 0.1) is 9.13 Å². The number of amides is 1. The molecular formula is C16H15N3O4S2. The number of hydrogen-bond acceptors (Lipinski definition) is 7. The monoisotopic (exact) mass is 377 g/mol. The summed E-state index contributed by atoms with van der Waals surface area (Å²) < 4.78 is 6.97. The molecule has 0 fully saturated rings. The van der Waals surface area contributed by atoms with Crippen LogP contribution in [0.15, 0.2) is 39.6 Å². The lowest BCUT2D eigenvalue weighted by Gasteiger charge is -2.19. The molecule has 0 aliphatic carbocycles. The minimum absolute atomic E-state index is 0.0576. The Bertz CT molecular complexity index is 878. The van der Waals surface area contributed by atoms with Crippen LogP contribution in [0.1, 0.15) is 29.2 Å². The molecular weight excluding hydrogens is 362 g/mol. The molecule has 0 saturated carbocycles. The number of benzene rings is 1. The molecule has 130 valence electrons. The van der Waals surface area contributed by atoms with Gasteiger partial charge in [-0.2, -0.15) is 5.01 Å². The number of nitrogens with zero attached hydrogens (tertiary/aromatic N) is 3. The Morgan fingerprint density at radius 3 is 2.84 bits per heavy atom. The second-order valence-electron chi connectivity index (χ2n) is 5.35. The average molecular weight is 377 g/mol. The fourth-order valence-corrected chi connectivity index (χ4v) is 4.36. The highest BCUT2D eigenvalue weighted by atomic mass is 32.2. The zero-order chi connectivity index (χ0) is 18.1. The lowest BCUT2D eigenvalue weighted by Crippen LogP contribution is -2.25. The standard InChI is InChI=1S/C16H15N3O4S2/c1-9-7-13(16(24-3)25-9)15-18(10(2)20)17-14(23-15)11-5-4-6-12(8-11)19(21)22/h4-8,15H,1-3H3.